The molecule has 2 aromatic carbocycles. The van der Waals surface area contributed by atoms with Crippen LogP contribution in [0.25, 0.3) is 10.8 Å². The van der Waals surface area contributed by atoms with Crippen molar-refractivity contribution in [2.75, 3.05) is 0 Å². The normalized spacial score (nSPS) is 11.3. The molecule has 0 aliphatic rings. The Morgan fingerprint density at radius 3 is 1.68 bits per heavy atom. The van der Waals surface area contributed by atoms with Crippen LogP contribution in [0.3, 0.4) is 0 Å². The summed E-state index contributed by atoms with van der Waals surface area (Å²) < 4.78 is 0. The Bertz CT molecular complexity index is 607. The van der Waals surface area contributed by atoms with Gasteiger partial charge in [0.25, 0.3) is 0 Å². The van der Waals surface area contributed by atoms with Crippen LogP contribution in [0, 0.1) is 0 Å². The first-order chi connectivity index (χ1) is 10.8. The van der Waals surface area contributed by atoms with Gasteiger partial charge in [-0.3, -0.25) is 0 Å². The predicted molar refractivity (Wildman–Crippen MR) is 99.9 cm³/mol. The molecule has 0 fully saturated rings. The van der Waals surface area contributed by atoms with E-state index >= 15 is 0 Å². The molecule has 0 N–H and O–H groups in total. The summed E-state index contributed by atoms with van der Waals surface area (Å²) >= 11 is 0. The van der Waals surface area contributed by atoms with Crippen LogP contribution in [0.5, 0.6) is 0 Å². The third kappa shape index (κ3) is 3.54. The molecule has 0 bridgehead atoms. The molecule has 0 saturated carbocycles. The van der Waals surface area contributed by atoms with Gasteiger partial charge in [0.05, 0.1) is 0 Å². The van der Waals surface area contributed by atoms with Gasteiger partial charge in [0.1, 0.15) is 0 Å². The Balaban J connectivity index is 2.73. The molecule has 0 amide bonds. The molecule has 0 radical (unpaired) electrons. The molecule has 2 aromatic rings. The van der Waals surface area contributed by atoms with Crippen molar-refractivity contribution in [3.05, 3.63) is 46.5 Å². The van der Waals surface area contributed by atoms with Crippen LogP contribution in [-0.2, 0) is 25.7 Å². The lowest BCUT2D eigenvalue weighted by Gasteiger charge is -2.18. The number of rotatable bonds is 8. The fourth-order valence-corrected chi connectivity index (χ4v) is 3.70. The Hall–Kier alpha value is -1.30. The summed E-state index contributed by atoms with van der Waals surface area (Å²) in [5.74, 6) is 0. The Morgan fingerprint density at radius 1 is 0.545 bits per heavy atom. The molecular formula is C22H32. The van der Waals surface area contributed by atoms with Crippen LogP contribution in [0.15, 0.2) is 24.3 Å². The third-order valence-electron chi connectivity index (χ3n) is 4.62. The first-order valence-corrected chi connectivity index (χ1v) is 9.31. The highest BCUT2D eigenvalue weighted by Crippen LogP contribution is 2.32. The smallest absolute Gasteiger partial charge is 0.0114 e. The first-order valence-electron chi connectivity index (χ1n) is 9.31. The molecule has 0 nitrogen and oxygen atoms in total. The molecule has 0 heterocycles. The zero-order valence-corrected chi connectivity index (χ0v) is 15.0. The van der Waals surface area contributed by atoms with E-state index in [-0.39, 0.29) is 0 Å². The van der Waals surface area contributed by atoms with Crippen molar-refractivity contribution in [2.24, 2.45) is 0 Å². The number of aryl methyl sites for hydroxylation is 4. The van der Waals surface area contributed by atoms with E-state index in [2.05, 4.69) is 52.0 Å². The highest BCUT2D eigenvalue weighted by molar-refractivity contribution is 5.92. The average Bonchev–Trinajstić information content (AvgIpc) is 2.52. The van der Waals surface area contributed by atoms with Crippen LogP contribution in [0.2, 0.25) is 0 Å². The number of fused-ring (bicyclic) bond motifs is 1. The maximum Gasteiger partial charge on any atom is -0.0114 e. The van der Waals surface area contributed by atoms with Crippen LogP contribution < -0.4 is 0 Å². The molecule has 0 unspecified atom stereocenters. The van der Waals surface area contributed by atoms with E-state index in [4.69, 9.17) is 0 Å². The van der Waals surface area contributed by atoms with Gasteiger partial charge in [0.2, 0.25) is 0 Å². The molecule has 22 heavy (non-hydrogen) atoms. The van der Waals surface area contributed by atoms with Gasteiger partial charge in [0, 0.05) is 0 Å². The summed E-state index contributed by atoms with van der Waals surface area (Å²) in [6.07, 6.45) is 9.76. The van der Waals surface area contributed by atoms with E-state index in [0.717, 1.165) is 0 Å². The van der Waals surface area contributed by atoms with E-state index in [1.807, 2.05) is 0 Å². The van der Waals surface area contributed by atoms with Crippen molar-refractivity contribution in [2.45, 2.75) is 79.1 Å². The van der Waals surface area contributed by atoms with Gasteiger partial charge in [0.15, 0.2) is 0 Å². The second kappa shape index (κ2) is 8.36. The van der Waals surface area contributed by atoms with Crippen LogP contribution in [0.4, 0.5) is 0 Å². The standard InChI is InChI=1S/C22H32/c1-5-9-17-13-14-19(11-7-3)22-20(12-8-4)18(10-6-2)15-16-21(17)22/h13-16H,5-12H2,1-4H3. The molecular weight excluding hydrogens is 264 g/mol. The molecule has 0 aliphatic carbocycles. The van der Waals surface area contributed by atoms with E-state index in [1.54, 1.807) is 22.1 Å². The number of hydrogen-bond acceptors (Lipinski definition) is 0. The second-order valence-corrected chi connectivity index (χ2v) is 6.51. The van der Waals surface area contributed by atoms with E-state index in [9.17, 15) is 0 Å². The SMILES string of the molecule is CCCc1ccc2c(CCC)ccc(CCC)c2c1CCC. The fourth-order valence-electron chi connectivity index (χ4n) is 3.70. The Labute approximate surface area is 136 Å². The van der Waals surface area contributed by atoms with Crippen LogP contribution in [0.1, 0.15) is 75.6 Å². The molecule has 0 atom stereocenters. The van der Waals surface area contributed by atoms with E-state index in [0.29, 0.717) is 0 Å². The molecule has 0 saturated heterocycles. The van der Waals surface area contributed by atoms with Crippen LogP contribution >= 0.6 is 0 Å². The van der Waals surface area contributed by atoms with Crippen LogP contribution in [-0.4, -0.2) is 0 Å². The second-order valence-electron chi connectivity index (χ2n) is 6.51. The fraction of sp³-hybridized carbons (Fsp3) is 0.545. The Morgan fingerprint density at radius 2 is 1.05 bits per heavy atom. The molecule has 0 heteroatoms. The highest BCUT2D eigenvalue weighted by Gasteiger charge is 2.13. The Kier molecular flexibility index (Phi) is 6.49. The van der Waals surface area contributed by atoms with Gasteiger partial charge in [-0.2, -0.15) is 0 Å². The topological polar surface area (TPSA) is 0 Å². The zero-order chi connectivity index (χ0) is 15.9. The summed E-state index contributed by atoms with van der Waals surface area (Å²) in [5.41, 5.74) is 6.34. The van der Waals surface area contributed by atoms with Gasteiger partial charge in [-0.05, 0) is 58.7 Å². The van der Waals surface area contributed by atoms with Gasteiger partial charge in [-0.15, -0.1) is 0 Å². The van der Waals surface area contributed by atoms with Gasteiger partial charge in [-0.25, -0.2) is 0 Å². The molecule has 2 rings (SSSR count). The lowest BCUT2D eigenvalue weighted by molar-refractivity contribution is 0.862. The van der Waals surface area contributed by atoms with Crippen molar-refractivity contribution >= 4 is 10.8 Å². The minimum absolute atomic E-state index is 1.20. The lowest BCUT2D eigenvalue weighted by Crippen LogP contribution is -2.01. The van der Waals surface area contributed by atoms with Gasteiger partial charge in [-0.1, -0.05) is 77.6 Å². The molecule has 0 aliphatic heterocycles. The van der Waals surface area contributed by atoms with E-state index < -0.39 is 0 Å². The van der Waals surface area contributed by atoms with Crippen molar-refractivity contribution < 1.29 is 0 Å². The largest absolute Gasteiger partial charge is 0.0651 e. The predicted octanol–water partition coefficient (Wildman–Crippen LogP) is 6.65. The van der Waals surface area contributed by atoms with Gasteiger partial charge < -0.3 is 0 Å². The maximum atomic E-state index is 2.41. The number of hydrogen-bond donors (Lipinski definition) is 0. The molecule has 120 valence electrons. The molecule has 0 spiro atoms. The quantitative estimate of drug-likeness (QED) is 0.511. The highest BCUT2D eigenvalue weighted by atomic mass is 14.2. The third-order valence-corrected chi connectivity index (χ3v) is 4.62. The monoisotopic (exact) mass is 296 g/mol. The zero-order valence-electron chi connectivity index (χ0n) is 15.0. The number of benzene rings is 2. The first kappa shape index (κ1) is 17.1. The summed E-state index contributed by atoms with van der Waals surface area (Å²) in [5, 5.41) is 3.12. The summed E-state index contributed by atoms with van der Waals surface area (Å²) in [4.78, 5) is 0. The summed E-state index contributed by atoms with van der Waals surface area (Å²) in [6.45, 7) is 9.18. The van der Waals surface area contributed by atoms with E-state index in [1.165, 1.54) is 62.3 Å². The molecule has 0 aromatic heterocycles. The van der Waals surface area contributed by atoms with Gasteiger partial charge >= 0.3 is 0 Å². The van der Waals surface area contributed by atoms with Crippen molar-refractivity contribution in [3.8, 4) is 0 Å². The average molecular weight is 296 g/mol. The minimum atomic E-state index is 1.20. The summed E-state index contributed by atoms with van der Waals surface area (Å²) in [6, 6.07) is 9.60. The maximum absolute atomic E-state index is 2.41. The summed E-state index contributed by atoms with van der Waals surface area (Å²) in [7, 11) is 0. The van der Waals surface area contributed by atoms with Crippen molar-refractivity contribution in [1.82, 2.24) is 0 Å². The minimum Gasteiger partial charge on any atom is -0.0651 e. The van der Waals surface area contributed by atoms with Crippen molar-refractivity contribution in [3.63, 3.8) is 0 Å². The van der Waals surface area contributed by atoms with Crippen molar-refractivity contribution in [1.29, 1.82) is 0 Å². The lowest BCUT2D eigenvalue weighted by atomic mass is 9.87.